The van der Waals surface area contributed by atoms with E-state index in [4.69, 9.17) is 4.74 Å². The second-order valence-corrected chi connectivity index (χ2v) is 2.98. The van der Waals surface area contributed by atoms with E-state index in [0.717, 1.165) is 11.6 Å². The number of ether oxygens (including phenoxy) is 1. The molecule has 1 aromatic rings. The number of aromatic nitrogens is 1. The lowest BCUT2D eigenvalue weighted by atomic mass is 10.5. The van der Waals surface area contributed by atoms with Gasteiger partial charge in [0.1, 0.15) is 12.3 Å². The molecule has 1 aromatic heterocycles. The molecular weight excluding hydrogens is 243 g/mol. The Morgan fingerprint density at radius 3 is 3.40 bits per heavy atom. The lowest BCUT2D eigenvalue weighted by molar-refractivity contribution is 0.362. The molecule has 0 fully saturated rings. The maximum absolute atomic E-state index is 5.30. The van der Waals surface area contributed by atoms with Crippen molar-refractivity contribution in [2.75, 3.05) is 6.61 Å². The Balaban J connectivity index is 2.57. The average Bonchev–Trinajstić information content (AvgIpc) is 2.34. The van der Waals surface area contributed by atoms with Gasteiger partial charge < -0.3 is 4.74 Å². The van der Waals surface area contributed by atoms with Gasteiger partial charge in [-0.15, -0.1) is 0 Å². The van der Waals surface area contributed by atoms with Crippen molar-refractivity contribution in [3.63, 3.8) is 0 Å². The summed E-state index contributed by atoms with van der Waals surface area (Å²) in [5.74, 6) is 0.850. The van der Waals surface area contributed by atoms with Crippen LogP contribution in [0.4, 0.5) is 5.69 Å². The van der Waals surface area contributed by atoms with Crippen molar-refractivity contribution in [3.05, 3.63) is 12.3 Å². The molecule has 0 radical (unpaired) electrons. The standard InChI is InChI=1S/C6H5IN2O/c7-9-3-1-5-6(9)10-4-2-8-5/h1-3H,4H2. The van der Waals surface area contributed by atoms with E-state index in [0.29, 0.717) is 6.61 Å². The van der Waals surface area contributed by atoms with Crippen LogP contribution < -0.4 is 4.74 Å². The fourth-order valence-electron chi connectivity index (χ4n) is 0.870. The lowest BCUT2D eigenvalue weighted by Crippen LogP contribution is -2.03. The van der Waals surface area contributed by atoms with E-state index in [1.54, 1.807) is 6.21 Å². The highest BCUT2D eigenvalue weighted by atomic mass is 127. The third kappa shape index (κ3) is 0.828. The highest BCUT2D eigenvalue weighted by Gasteiger charge is 2.09. The molecule has 0 unspecified atom stereocenters. The summed E-state index contributed by atoms with van der Waals surface area (Å²) in [6, 6.07) is 1.93. The van der Waals surface area contributed by atoms with Gasteiger partial charge in [0.05, 0.1) is 22.9 Å². The van der Waals surface area contributed by atoms with Gasteiger partial charge in [0, 0.05) is 12.4 Å². The fourth-order valence-corrected chi connectivity index (χ4v) is 1.42. The van der Waals surface area contributed by atoms with E-state index in [9.17, 15) is 0 Å². The fraction of sp³-hybridized carbons (Fsp3) is 0.167. The van der Waals surface area contributed by atoms with E-state index in [1.807, 2.05) is 15.0 Å². The number of fused-ring (bicyclic) bond motifs is 1. The number of rotatable bonds is 0. The normalized spacial score (nSPS) is 14.5. The van der Waals surface area contributed by atoms with Gasteiger partial charge in [0.2, 0.25) is 5.88 Å². The van der Waals surface area contributed by atoms with Crippen molar-refractivity contribution in [2.45, 2.75) is 0 Å². The van der Waals surface area contributed by atoms with Crippen LogP contribution in [0, 0.1) is 0 Å². The summed E-state index contributed by atoms with van der Waals surface area (Å²) in [5.41, 5.74) is 0.917. The minimum absolute atomic E-state index is 0.583. The van der Waals surface area contributed by atoms with Crippen molar-refractivity contribution in [2.24, 2.45) is 4.99 Å². The van der Waals surface area contributed by atoms with Crippen molar-refractivity contribution in [3.8, 4) is 5.88 Å². The molecule has 2 rings (SSSR count). The molecule has 0 amide bonds. The Hall–Kier alpha value is -0.520. The Bertz CT molecular complexity index is 279. The number of halogens is 1. The Morgan fingerprint density at radius 1 is 1.70 bits per heavy atom. The molecule has 0 saturated carbocycles. The van der Waals surface area contributed by atoms with Gasteiger partial charge in [-0.05, 0) is 6.07 Å². The number of aliphatic imine (C=N–C) groups is 1. The Morgan fingerprint density at radius 2 is 2.60 bits per heavy atom. The summed E-state index contributed by atoms with van der Waals surface area (Å²) in [7, 11) is 0. The Kier molecular flexibility index (Phi) is 1.40. The summed E-state index contributed by atoms with van der Waals surface area (Å²) >= 11 is 2.16. The largest absolute Gasteiger partial charge is 0.471 e. The molecular formula is C6H5IN2O. The van der Waals surface area contributed by atoms with Crippen LogP contribution in [0.2, 0.25) is 0 Å². The first-order chi connectivity index (χ1) is 4.88. The average molecular weight is 248 g/mol. The number of hydrogen-bond donors (Lipinski definition) is 0. The van der Waals surface area contributed by atoms with Crippen molar-refractivity contribution >= 4 is 34.8 Å². The molecule has 0 aromatic carbocycles. The zero-order valence-corrected chi connectivity index (χ0v) is 7.28. The van der Waals surface area contributed by atoms with Crippen molar-refractivity contribution in [1.29, 1.82) is 0 Å². The highest BCUT2D eigenvalue weighted by Crippen LogP contribution is 2.31. The van der Waals surface area contributed by atoms with Crippen LogP contribution in [0.1, 0.15) is 0 Å². The molecule has 1 aliphatic heterocycles. The van der Waals surface area contributed by atoms with Crippen LogP contribution in [-0.2, 0) is 0 Å². The summed E-state index contributed by atoms with van der Waals surface area (Å²) in [6.07, 6.45) is 3.69. The summed E-state index contributed by atoms with van der Waals surface area (Å²) in [4.78, 5) is 4.14. The topological polar surface area (TPSA) is 26.5 Å². The van der Waals surface area contributed by atoms with Gasteiger partial charge in [-0.3, -0.25) is 7.77 Å². The van der Waals surface area contributed by atoms with Crippen LogP contribution in [0.3, 0.4) is 0 Å². The first kappa shape index (κ1) is 6.21. The van der Waals surface area contributed by atoms with Gasteiger partial charge in [0.25, 0.3) is 0 Å². The molecule has 10 heavy (non-hydrogen) atoms. The van der Waals surface area contributed by atoms with Crippen LogP contribution in [0.5, 0.6) is 5.88 Å². The lowest BCUT2D eigenvalue weighted by Gasteiger charge is -2.07. The molecule has 4 heteroatoms. The molecule has 0 N–H and O–H groups in total. The maximum atomic E-state index is 5.30. The van der Waals surface area contributed by atoms with E-state index in [-0.39, 0.29) is 0 Å². The van der Waals surface area contributed by atoms with Gasteiger partial charge >= 0.3 is 0 Å². The van der Waals surface area contributed by atoms with E-state index >= 15 is 0 Å². The summed E-state index contributed by atoms with van der Waals surface area (Å²) in [6.45, 7) is 0.583. The van der Waals surface area contributed by atoms with Crippen molar-refractivity contribution in [1.82, 2.24) is 2.78 Å². The van der Waals surface area contributed by atoms with Crippen LogP contribution in [0.25, 0.3) is 0 Å². The Labute approximate surface area is 72.2 Å². The third-order valence-corrected chi connectivity index (χ3v) is 2.06. The summed E-state index contributed by atoms with van der Waals surface area (Å²) < 4.78 is 7.19. The summed E-state index contributed by atoms with van der Waals surface area (Å²) in [5, 5.41) is 0. The predicted octanol–water partition coefficient (Wildman–Crippen LogP) is 1.78. The minimum Gasteiger partial charge on any atom is -0.471 e. The predicted molar refractivity (Wildman–Crippen MR) is 47.5 cm³/mol. The molecule has 0 aliphatic carbocycles. The zero-order chi connectivity index (χ0) is 6.97. The van der Waals surface area contributed by atoms with E-state index < -0.39 is 0 Å². The third-order valence-electron chi connectivity index (χ3n) is 1.30. The van der Waals surface area contributed by atoms with Crippen molar-refractivity contribution < 1.29 is 4.74 Å². The van der Waals surface area contributed by atoms with Crippen LogP contribution in [0.15, 0.2) is 17.3 Å². The second-order valence-electron chi connectivity index (χ2n) is 1.94. The van der Waals surface area contributed by atoms with Gasteiger partial charge in [-0.2, -0.15) is 0 Å². The minimum atomic E-state index is 0.583. The quantitative estimate of drug-likeness (QED) is 0.643. The molecule has 0 saturated heterocycles. The van der Waals surface area contributed by atoms with Crippen LogP contribution >= 0.6 is 22.9 Å². The van der Waals surface area contributed by atoms with Gasteiger partial charge in [0.15, 0.2) is 0 Å². The SMILES string of the molecule is In1ccc2c1OCC=N2. The number of hydrogen-bond acceptors (Lipinski definition) is 2. The highest BCUT2D eigenvalue weighted by molar-refractivity contribution is 14.1. The van der Waals surface area contributed by atoms with Crippen LogP contribution in [-0.4, -0.2) is 15.6 Å². The molecule has 0 atom stereocenters. The number of nitrogens with zero attached hydrogens (tertiary/aromatic N) is 2. The van der Waals surface area contributed by atoms with E-state index in [1.165, 1.54) is 0 Å². The first-order valence-corrected chi connectivity index (χ1v) is 3.87. The first-order valence-electron chi connectivity index (χ1n) is 2.91. The monoisotopic (exact) mass is 248 g/mol. The molecule has 1 aliphatic rings. The molecule has 52 valence electrons. The maximum Gasteiger partial charge on any atom is 0.229 e. The van der Waals surface area contributed by atoms with Gasteiger partial charge in [-0.1, -0.05) is 0 Å². The molecule has 3 nitrogen and oxygen atoms in total. The molecule has 0 spiro atoms. The zero-order valence-electron chi connectivity index (χ0n) is 5.12. The molecule has 2 heterocycles. The van der Waals surface area contributed by atoms with E-state index in [2.05, 4.69) is 27.9 Å². The second kappa shape index (κ2) is 2.26. The smallest absolute Gasteiger partial charge is 0.229 e. The van der Waals surface area contributed by atoms with Gasteiger partial charge in [-0.25, -0.2) is 0 Å². The molecule has 0 bridgehead atoms.